The maximum Gasteiger partial charge on any atom is 0.309 e. The van der Waals surface area contributed by atoms with Crippen LogP contribution in [0.1, 0.15) is 140 Å². The summed E-state index contributed by atoms with van der Waals surface area (Å²) in [6.07, 6.45) is 18.5. The first-order chi connectivity index (χ1) is 22.2. The fourth-order valence-electron chi connectivity index (χ4n) is 4.68. The first-order valence-corrected chi connectivity index (χ1v) is 18.3. The van der Waals surface area contributed by atoms with Crippen molar-refractivity contribution in [2.45, 2.75) is 146 Å². The summed E-state index contributed by atoms with van der Waals surface area (Å²) < 4.78 is 0. The van der Waals surface area contributed by atoms with E-state index in [4.69, 9.17) is 5.11 Å². The minimum atomic E-state index is -0.694. The molecule has 0 fully saturated rings. The number of carboxylic acid groups (broad SMARTS) is 1. The molecule has 1 aromatic rings. The number of anilines is 1. The number of amides is 1. The Kier molecular flexibility index (Phi) is 27.5. The monoisotopic (exact) mass is 656 g/mol. The third kappa shape index (κ3) is 24.8. The Balaban J connectivity index is 0. The molecule has 1 unspecified atom stereocenters. The van der Waals surface area contributed by atoms with Crippen molar-refractivity contribution in [3.05, 3.63) is 65.4 Å². The van der Waals surface area contributed by atoms with Crippen molar-refractivity contribution in [3.63, 3.8) is 0 Å². The zero-order valence-corrected chi connectivity index (χ0v) is 32.5. The molecular weight excluding hydrogens is 582 g/mol. The molecule has 6 heteroatoms. The third-order valence-electron chi connectivity index (χ3n) is 7.47. The first kappa shape index (κ1) is 46.1. The van der Waals surface area contributed by atoms with Gasteiger partial charge in [-0.15, -0.1) is 0 Å². The minimum absolute atomic E-state index is 0.153. The van der Waals surface area contributed by atoms with E-state index in [0.29, 0.717) is 12.3 Å². The lowest BCUT2D eigenvalue weighted by Gasteiger charge is -2.18. The van der Waals surface area contributed by atoms with E-state index in [1.54, 1.807) is 13.8 Å². The van der Waals surface area contributed by atoms with Crippen molar-refractivity contribution >= 4 is 17.6 Å². The fourth-order valence-corrected chi connectivity index (χ4v) is 4.68. The largest absolute Gasteiger partial charge is 0.481 e. The minimum Gasteiger partial charge on any atom is -0.481 e. The second-order valence-corrected chi connectivity index (χ2v) is 13.7. The molecule has 6 nitrogen and oxygen atoms in total. The number of hydrogen-bond donors (Lipinski definition) is 3. The smallest absolute Gasteiger partial charge is 0.309 e. The molecule has 0 aromatic heterocycles. The third-order valence-corrected chi connectivity index (χ3v) is 7.47. The maximum absolute atomic E-state index is 11.9. The molecule has 47 heavy (non-hydrogen) atoms. The molecule has 270 valence electrons. The van der Waals surface area contributed by atoms with Crippen LogP contribution in [0.4, 0.5) is 5.69 Å². The van der Waals surface area contributed by atoms with Gasteiger partial charge in [-0.25, -0.2) is 0 Å². The molecular formula is C41H73N3O3. The molecule has 1 atom stereocenters. The van der Waals surface area contributed by atoms with Crippen molar-refractivity contribution < 1.29 is 14.7 Å². The zero-order chi connectivity index (χ0) is 36.3. The zero-order valence-electron chi connectivity index (χ0n) is 32.5. The number of rotatable bonds is 16. The molecule has 0 spiro atoms. The molecule has 1 amide bonds. The van der Waals surface area contributed by atoms with Gasteiger partial charge < -0.3 is 20.6 Å². The number of nitrogens with zero attached hydrogens (tertiary/aromatic N) is 1. The lowest BCUT2D eigenvalue weighted by molar-refractivity contribution is -0.147. The summed E-state index contributed by atoms with van der Waals surface area (Å²) >= 11 is 0. The average Bonchev–Trinajstić information content (AvgIpc) is 3.22. The van der Waals surface area contributed by atoms with Crippen LogP contribution >= 0.6 is 0 Å². The summed E-state index contributed by atoms with van der Waals surface area (Å²) in [5.41, 5.74) is 4.55. The van der Waals surface area contributed by atoms with E-state index in [0.717, 1.165) is 58.0 Å². The molecule has 3 N–H and O–H groups in total. The van der Waals surface area contributed by atoms with Gasteiger partial charge >= 0.3 is 5.97 Å². The Bertz CT molecular complexity index is 1040. The Hall–Kier alpha value is -3.02. The number of benzene rings is 1. The highest BCUT2D eigenvalue weighted by atomic mass is 16.4. The van der Waals surface area contributed by atoms with Gasteiger partial charge in [-0.1, -0.05) is 104 Å². The second-order valence-electron chi connectivity index (χ2n) is 13.7. The summed E-state index contributed by atoms with van der Waals surface area (Å²) in [4.78, 5) is 24.7. The molecule has 2 rings (SSSR count). The van der Waals surface area contributed by atoms with E-state index in [2.05, 4.69) is 133 Å². The Morgan fingerprint density at radius 2 is 1.60 bits per heavy atom. The van der Waals surface area contributed by atoms with E-state index < -0.39 is 11.4 Å². The van der Waals surface area contributed by atoms with E-state index in [9.17, 15) is 9.59 Å². The number of nitrogens with one attached hydrogen (secondary N) is 2. The Labute approximate surface area is 290 Å². The van der Waals surface area contributed by atoms with Gasteiger partial charge in [-0.05, 0) is 95.4 Å². The van der Waals surface area contributed by atoms with Crippen LogP contribution in [-0.2, 0) is 16.0 Å². The predicted octanol–water partition coefficient (Wildman–Crippen LogP) is 10.5. The number of carbonyl (C=O) groups excluding carboxylic acids is 1. The van der Waals surface area contributed by atoms with E-state index in [1.165, 1.54) is 35.4 Å². The molecule has 0 aliphatic heterocycles. The van der Waals surface area contributed by atoms with Crippen molar-refractivity contribution in [2.75, 3.05) is 25.0 Å². The van der Waals surface area contributed by atoms with Gasteiger partial charge in [0.05, 0.1) is 5.41 Å². The van der Waals surface area contributed by atoms with E-state index in [1.807, 2.05) is 0 Å². The molecule has 0 saturated carbocycles. The van der Waals surface area contributed by atoms with Crippen LogP contribution in [0.5, 0.6) is 0 Å². The lowest BCUT2D eigenvalue weighted by Crippen LogP contribution is -2.33. The number of allylic oxidation sites excluding steroid dienone is 5. The number of hydrogen-bond acceptors (Lipinski definition) is 4. The number of aryl methyl sites for hydroxylation is 1. The topological polar surface area (TPSA) is 81.7 Å². The fraction of sp³-hybridized carbons (Fsp3) is 0.659. The normalized spacial score (nSPS) is 12.8. The summed E-state index contributed by atoms with van der Waals surface area (Å²) in [6.45, 7) is 24.9. The number of carbonyl (C=O) groups is 2. The van der Waals surface area contributed by atoms with Crippen LogP contribution in [0, 0.1) is 11.3 Å². The highest BCUT2D eigenvalue weighted by molar-refractivity contribution is 5.76. The summed E-state index contributed by atoms with van der Waals surface area (Å²) in [7, 11) is 2.11. The van der Waals surface area contributed by atoms with E-state index >= 15 is 0 Å². The first-order valence-electron chi connectivity index (χ1n) is 18.3. The van der Waals surface area contributed by atoms with Crippen molar-refractivity contribution in [1.29, 1.82) is 0 Å². The molecule has 0 saturated heterocycles. The van der Waals surface area contributed by atoms with Gasteiger partial charge in [-0.2, -0.15) is 0 Å². The van der Waals surface area contributed by atoms with Crippen LogP contribution in [0.25, 0.3) is 0 Å². The summed E-state index contributed by atoms with van der Waals surface area (Å²) in [5, 5.41) is 15.2. The summed E-state index contributed by atoms with van der Waals surface area (Å²) in [6, 6.07) is 8.81. The van der Waals surface area contributed by atoms with Gasteiger partial charge in [0.1, 0.15) is 0 Å². The van der Waals surface area contributed by atoms with E-state index in [-0.39, 0.29) is 11.9 Å². The average molecular weight is 656 g/mol. The van der Waals surface area contributed by atoms with Crippen LogP contribution < -0.4 is 15.5 Å². The molecule has 1 aliphatic rings. The predicted molar refractivity (Wildman–Crippen MR) is 206 cm³/mol. The highest BCUT2D eigenvalue weighted by Gasteiger charge is 2.25. The summed E-state index contributed by atoms with van der Waals surface area (Å²) in [5.74, 6) is 0.0734. The Morgan fingerprint density at radius 3 is 2.11 bits per heavy atom. The van der Waals surface area contributed by atoms with Gasteiger partial charge in [0.15, 0.2) is 0 Å². The Morgan fingerprint density at radius 1 is 0.979 bits per heavy atom. The van der Waals surface area contributed by atoms with Gasteiger partial charge in [0, 0.05) is 44.0 Å². The molecule has 1 aromatic carbocycles. The van der Waals surface area contributed by atoms with Crippen LogP contribution in [-0.4, -0.2) is 43.2 Å². The molecule has 1 aliphatic carbocycles. The second kappa shape index (κ2) is 28.0. The molecule has 0 heterocycles. The van der Waals surface area contributed by atoms with Crippen molar-refractivity contribution in [1.82, 2.24) is 10.6 Å². The van der Waals surface area contributed by atoms with Crippen molar-refractivity contribution in [3.8, 4) is 0 Å². The standard InChI is InChI=1S/C19H32N2O.C11H17N.C8H16O2.C3H8/c1-6-13-21(5)18-10-7-17(8-11-18)9-12-19(22)20-16(4)14-15(2)3;1-3-9-12-11-8-6-4-5-7-10(11)2;1-4-5-6-8(2,3)7(9)10;1-3-2/h7-8,10-11,15-16H,6,9,12-14H2,1-5H3,(H,20,22);4-5,7-8,12H,3,6,9H2,1-2H3;4-6H2,1-3H3,(H,9,10);3H2,1-2H3. The quantitative estimate of drug-likeness (QED) is 0.165. The molecule has 0 radical (unpaired) electrons. The van der Waals surface area contributed by atoms with Crippen molar-refractivity contribution in [2.24, 2.45) is 11.3 Å². The van der Waals surface area contributed by atoms with Crippen LogP contribution in [0.2, 0.25) is 0 Å². The molecule has 0 bridgehead atoms. The number of unbranched alkanes of at least 4 members (excludes halogenated alkanes) is 1. The van der Waals surface area contributed by atoms with Gasteiger partial charge in [0.25, 0.3) is 0 Å². The lowest BCUT2D eigenvalue weighted by atomic mass is 9.88. The van der Waals surface area contributed by atoms with Crippen LogP contribution in [0.15, 0.2) is 59.8 Å². The SMILES string of the molecule is CCC.CCCCC(C)(C)C(=O)O.CCCN(C)c1ccc(CCC(=O)NC(C)CC(C)C)cc1.CCCNC1=CCC=CC=C1C. The van der Waals surface area contributed by atoms with Crippen LogP contribution in [0.3, 0.4) is 0 Å². The highest BCUT2D eigenvalue weighted by Crippen LogP contribution is 2.23. The van der Waals surface area contributed by atoms with Gasteiger partial charge in [0.2, 0.25) is 5.91 Å². The maximum atomic E-state index is 11.9. The number of carboxylic acids is 1. The number of aliphatic carboxylic acids is 1. The van der Waals surface area contributed by atoms with Gasteiger partial charge in [-0.3, -0.25) is 9.59 Å².